The number of aromatic nitrogens is 1. The second-order valence-corrected chi connectivity index (χ2v) is 3.21. The van der Waals surface area contributed by atoms with Crippen LogP contribution in [0.5, 0.6) is 0 Å². The van der Waals surface area contributed by atoms with Crippen LogP contribution in [-0.4, -0.2) is 11.0 Å². The van der Waals surface area contributed by atoms with Crippen molar-refractivity contribution in [3.05, 3.63) is 16.6 Å². The summed E-state index contributed by atoms with van der Waals surface area (Å²) in [6.07, 6.45) is 2.05. The van der Waals surface area contributed by atoms with Crippen molar-refractivity contribution in [2.45, 2.75) is 25.8 Å². The monoisotopic (exact) mass is 156 g/mol. The van der Waals surface area contributed by atoms with Crippen molar-refractivity contribution < 1.29 is 0 Å². The molecule has 56 valence electrons. The van der Waals surface area contributed by atoms with Gasteiger partial charge in [0, 0.05) is 11.4 Å². The predicted octanol–water partition coefficient (Wildman–Crippen LogP) is 1.42. The van der Waals surface area contributed by atoms with Crippen molar-refractivity contribution in [3.63, 3.8) is 0 Å². The molecule has 1 rings (SSSR count). The standard InChI is InChI=1S/C7H12N2S/c1-6(8)2-3-7-4-10-5-9-7/h4-6H,2-3,8H2,1H3/t6-/m1/s1. The van der Waals surface area contributed by atoms with E-state index in [1.54, 1.807) is 11.3 Å². The normalized spacial score (nSPS) is 13.4. The van der Waals surface area contributed by atoms with E-state index < -0.39 is 0 Å². The Morgan fingerprint density at radius 1 is 1.80 bits per heavy atom. The third-order valence-corrected chi connectivity index (χ3v) is 1.97. The fourth-order valence-corrected chi connectivity index (χ4v) is 1.33. The minimum Gasteiger partial charge on any atom is -0.328 e. The van der Waals surface area contributed by atoms with E-state index in [1.807, 2.05) is 12.4 Å². The molecule has 0 unspecified atom stereocenters. The molecule has 0 fully saturated rings. The summed E-state index contributed by atoms with van der Waals surface area (Å²) in [5, 5.41) is 2.07. The van der Waals surface area contributed by atoms with Crippen LogP contribution in [0.25, 0.3) is 0 Å². The molecule has 0 radical (unpaired) electrons. The molecule has 0 aliphatic rings. The third-order valence-electron chi connectivity index (χ3n) is 1.34. The first-order chi connectivity index (χ1) is 4.79. The van der Waals surface area contributed by atoms with Gasteiger partial charge in [-0.25, -0.2) is 4.98 Å². The van der Waals surface area contributed by atoms with Crippen LogP contribution in [0.4, 0.5) is 0 Å². The quantitative estimate of drug-likeness (QED) is 0.719. The maximum Gasteiger partial charge on any atom is 0.0794 e. The average Bonchev–Trinajstić information content (AvgIpc) is 2.34. The molecule has 1 aromatic rings. The largest absolute Gasteiger partial charge is 0.328 e. The van der Waals surface area contributed by atoms with Crippen LogP contribution in [0.3, 0.4) is 0 Å². The van der Waals surface area contributed by atoms with E-state index in [4.69, 9.17) is 5.73 Å². The minimum atomic E-state index is 0.293. The van der Waals surface area contributed by atoms with Gasteiger partial charge in [-0.15, -0.1) is 11.3 Å². The molecule has 0 spiro atoms. The summed E-state index contributed by atoms with van der Waals surface area (Å²) in [6, 6.07) is 0.293. The zero-order valence-electron chi connectivity index (χ0n) is 6.08. The lowest BCUT2D eigenvalue weighted by Gasteiger charge is -2.00. The SMILES string of the molecule is C[C@@H](N)CCc1cscn1. The van der Waals surface area contributed by atoms with E-state index in [1.165, 1.54) is 5.69 Å². The van der Waals surface area contributed by atoms with Gasteiger partial charge in [0.05, 0.1) is 11.2 Å². The van der Waals surface area contributed by atoms with Crippen molar-refractivity contribution in [1.29, 1.82) is 0 Å². The molecule has 0 aromatic carbocycles. The van der Waals surface area contributed by atoms with E-state index in [-0.39, 0.29) is 0 Å². The molecule has 0 bridgehead atoms. The molecule has 2 N–H and O–H groups in total. The molecular formula is C7H12N2S. The third kappa shape index (κ3) is 2.45. The van der Waals surface area contributed by atoms with Crippen LogP contribution < -0.4 is 5.73 Å². The van der Waals surface area contributed by atoms with E-state index in [0.717, 1.165) is 12.8 Å². The van der Waals surface area contributed by atoms with Crippen molar-refractivity contribution in [1.82, 2.24) is 4.98 Å². The lowest BCUT2D eigenvalue weighted by atomic mass is 10.2. The van der Waals surface area contributed by atoms with Crippen molar-refractivity contribution >= 4 is 11.3 Å². The molecule has 0 saturated carbocycles. The summed E-state index contributed by atoms with van der Waals surface area (Å²) >= 11 is 1.64. The number of aryl methyl sites for hydroxylation is 1. The Hall–Kier alpha value is -0.410. The first kappa shape index (κ1) is 7.69. The van der Waals surface area contributed by atoms with Gasteiger partial charge in [0.1, 0.15) is 0 Å². The number of hydrogen-bond acceptors (Lipinski definition) is 3. The van der Waals surface area contributed by atoms with Gasteiger partial charge < -0.3 is 5.73 Å². The van der Waals surface area contributed by atoms with Gasteiger partial charge in [0.2, 0.25) is 0 Å². The molecule has 3 heteroatoms. The molecule has 2 nitrogen and oxygen atoms in total. The van der Waals surface area contributed by atoms with Gasteiger partial charge in [-0.05, 0) is 19.8 Å². The molecule has 0 aliphatic heterocycles. The van der Waals surface area contributed by atoms with Crippen LogP contribution >= 0.6 is 11.3 Å². The fraction of sp³-hybridized carbons (Fsp3) is 0.571. The van der Waals surface area contributed by atoms with Crippen molar-refractivity contribution in [2.75, 3.05) is 0 Å². The Bertz CT molecular complexity index is 170. The average molecular weight is 156 g/mol. The van der Waals surface area contributed by atoms with Gasteiger partial charge in [0.25, 0.3) is 0 Å². The fourth-order valence-electron chi connectivity index (χ4n) is 0.737. The first-order valence-corrected chi connectivity index (χ1v) is 4.36. The highest BCUT2D eigenvalue weighted by molar-refractivity contribution is 7.07. The maximum absolute atomic E-state index is 5.58. The summed E-state index contributed by atoms with van der Waals surface area (Å²) in [5.41, 5.74) is 8.61. The molecule has 0 saturated heterocycles. The lowest BCUT2D eigenvalue weighted by molar-refractivity contribution is 0.660. The maximum atomic E-state index is 5.58. The lowest BCUT2D eigenvalue weighted by Crippen LogP contribution is -2.15. The Kier molecular flexibility index (Phi) is 2.83. The summed E-state index contributed by atoms with van der Waals surface area (Å²) in [7, 11) is 0. The smallest absolute Gasteiger partial charge is 0.0794 e. The van der Waals surface area contributed by atoms with Crippen LogP contribution in [-0.2, 0) is 6.42 Å². The van der Waals surface area contributed by atoms with Gasteiger partial charge in [-0.1, -0.05) is 0 Å². The zero-order valence-corrected chi connectivity index (χ0v) is 6.90. The molecule has 1 atom stereocenters. The van der Waals surface area contributed by atoms with E-state index >= 15 is 0 Å². The number of thiazole rings is 1. The first-order valence-electron chi connectivity index (χ1n) is 3.41. The van der Waals surface area contributed by atoms with E-state index in [2.05, 4.69) is 10.4 Å². The highest BCUT2D eigenvalue weighted by Gasteiger charge is 1.96. The van der Waals surface area contributed by atoms with Gasteiger partial charge in [-0.3, -0.25) is 0 Å². The number of nitrogens with two attached hydrogens (primary N) is 1. The Labute approximate surface area is 65.1 Å². The molecule has 0 amide bonds. The summed E-state index contributed by atoms with van der Waals surface area (Å²) < 4.78 is 0. The summed E-state index contributed by atoms with van der Waals surface area (Å²) in [4.78, 5) is 4.15. The summed E-state index contributed by atoms with van der Waals surface area (Å²) in [6.45, 7) is 2.02. The van der Waals surface area contributed by atoms with Crippen LogP contribution in [0, 0.1) is 0 Å². The van der Waals surface area contributed by atoms with Crippen LogP contribution in [0.1, 0.15) is 19.0 Å². The Balaban J connectivity index is 2.28. The van der Waals surface area contributed by atoms with Crippen LogP contribution in [0.15, 0.2) is 10.9 Å². The van der Waals surface area contributed by atoms with Gasteiger partial charge in [0.15, 0.2) is 0 Å². The number of rotatable bonds is 3. The molecular weight excluding hydrogens is 144 g/mol. The minimum absolute atomic E-state index is 0.293. The second-order valence-electron chi connectivity index (χ2n) is 2.50. The van der Waals surface area contributed by atoms with E-state index in [0.29, 0.717) is 6.04 Å². The summed E-state index contributed by atoms with van der Waals surface area (Å²) in [5.74, 6) is 0. The molecule has 0 aliphatic carbocycles. The number of hydrogen-bond donors (Lipinski definition) is 1. The second kappa shape index (κ2) is 3.68. The Morgan fingerprint density at radius 2 is 2.60 bits per heavy atom. The molecule has 1 heterocycles. The van der Waals surface area contributed by atoms with Crippen LogP contribution in [0.2, 0.25) is 0 Å². The number of nitrogens with zero attached hydrogens (tertiary/aromatic N) is 1. The van der Waals surface area contributed by atoms with Crippen molar-refractivity contribution in [2.24, 2.45) is 5.73 Å². The zero-order chi connectivity index (χ0) is 7.40. The Morgan fingerprint density at radius 3 is 3.10 bits per heavy atom. The van der Waals surface area contributed by atoms with Gasteiger partial charge >= 0.3 is 0 Å². The molecule has 1 aromatic heterocycles. The highest BCUT2D eigenvalue weighted by atomic mass is 32.1. The van der Waals surface area contributed by atoms with Crippen molar-refractivity contribution in [3.8, 4) is 0 Å². The molecule has 10 heavy (non-hydrogen) atoms. The predicted molar refractivity (Wildman–Crippen MR) is 44.1 cm³/mol. The highest BCUT2D eigenvalue weighted by Crippen LogP contribution is 2.04. The van der Waals surface area contributed by atoms with Gasteiger partial charge in [-0.2, -0.15) is 0 Å². The topological polar surface area (TPSA) is 38.9 Å². The van der Waals surface area contributed by atoms with E-state index in [9.17, 15) is 0 Å².